The van der Waals surface area contributed by atoms with Crippen LogP contribution in [0.5, 0.6) is 0 Å². The van der Waals surface area contributed by atoms with E-state index in [1.165, 1.54) is 60.8 Å². The molecule has 0 nitrogen and oxygen atoms in total. The van der Waals surface area contributed by atoms with Crippen LogP contribution in [-0.4, -0.2) is 0 Å². The highest BCUT2D eigenvalue weighted by atomic mass is 14.5. The first-order chi connectivity index (χ1) is 11.7. The molecular formula is C25H40. The second kappa shape index (κ2) is 8.11. The second-order valence-corrected chi connectivity index (χ2v) is 9.39. The Morgan fingerprint density at radius 2 is 1.76 bits per heavy atom. The summed E-state index contributed by atoms with van der Waals surface area (Å²) in [5.74, 6) is 1.93. The second-order valence-electron chi connectivity index (χ2n) is 9.39. The van der Waals surface area contributed by atoms with Crippen molar-refractivity contribution in [3.8, 4) is 0 Å². The van der Waals surface area contributed by atoms with Gasteiger partial charge < -0.3 is 0 Å². The standard InChI is InChI=1S/C25H40/c1-9-10-11-12-21-15-18(4)23(19(5)16-21)24-20(6)25(7,8)14-13-22(24)17(2)3/h15-16,20,22,24H,2,9-14H2,1,3-8H3. The number of aryl methyl sites for hydroxylation is 3. The molecule has 0 aliphatic heterocycles. The van der Waals surface area contributed by atoms with E-state index in [0.717, 1.165) is 0 Å². The molecular weight excluding hydrogens is 300 g/mol. The van der Waals surface area contributed by atoms with E-state index in [-0.39, 0.29) is 0 Å². The summed E-state index contributed by atoms with van der Waals surface area (Å²) in [5, 5.41) is 0. The van der Waals surface area contributed by atoms with Crippen molar-refractivity contribution >= 4 is 0 Å². The lowest BCUT2D eigenvalue weighted by atomic mass is 9.56. The fourth-order valence-electron chi connectivity index (χ4n) is 5.09. The molecule has 0 N–H and O–H groups in total. The molecule has 0 heteroatoms. The predicted molar refractivity (Wildman–Crippen MR) is 112 cm³/mol. The molecule has 1 aliphatic carbocycles. The first-order valence-electron chi connectivity index (χ1n) is 10.4. The summed E-state index contributed by atoms with van der Waals surface area (Å²) in [4.78, 5) is 0. The van der Waals surface area contributed by atoms with Crippen LogP contribution in [0, 0.1) is 31.1 Å². The van der Waals surface area contributed by atoms with Crippen LogP contribution >= 0.6 is 0 Å². The number of allylic oxidation sites excluding steroid dienone is 1. The minimum absolute atomic E-state index is 0.412. The highest BCUT2D eigenvalue weighted by Gasteiger charge is 2.43. The number of unbranched alkanes of at least 4 members (excludes halogenated alkanes) is 2. The van der Waals surface area contributed by atoms with E-state index in [1.807, 2.05) is 0 Å². The van der Waals surface area contributed by atoms with Gasteiger partial charge in [0.1, 0.15) is 0 Å². The van der Waals surface area contributed by atoms with Crippen molar-refractivity contribution in [1.82, 2.24) is 0 Å². The van der Waals surface area contributed by atoms with Crippen LogP contribution < -0.4 is 0 Å². The molecule has 1 aromatic carbocycles. The molecule has 0 amide bonds. The van der Waals surface area contributed by atoms with Gasteiger partial charge in [0.25, 0.3) is 0 Å². The third-order valence-corrected chi connectivity index (χ3v) is 6.99. The molecule has 0 heterocycles. The summed E-state index contributed by atoms with van der Waals surface area (Å²) in [7, 11) is 0. The fraction of sp³-hybridized carbons (Fsp3) is 0.680. The Balaban J connectivity index is 2.41. The maximum absolute atomic E-state index is 4.36. The van der Waals surface area contributed by atoms with Crippen LogP contribution in [0.2, 0.25) is 0 Å². The molecule has 3 unspecified atom stereocenters. The number of rotatable bonds is 6. The van der Waals surface area contributed by atoms with E-state index in [2.05, 4.69) is 67.2 Å². The molecule has 1 aromatic rings. The lowest BCUT2D eigenvalue weighted by molar-refractivity contribution is 0.0961. The maximum atomic E-state index is 4.36. The van der Waals surface area contributed by atoms with Crippen molar-refractivity contribution in [1.29, 1.82) is 0 Å². The summed E-state index contributed by atoms with van der Waals surface area (Å²) in [6.07, 6.45) is 7.78. The van der Waals surface area contributed by atoms with Gasteiger partial charge in [-0.2, -0.15) is 0 Å². The van der Waals surface area contributed by atoms with Gasteiger partial charge in [0.05, 0.1) is 0 Å². The largest absolute Gasteiger partial charge is 0.0998 e. The van der Waals surface area contributed by atoms with Crippen LogP contribution in [0.1, 0.15) is 94.9 Å². The topological polar surface area (TPSA) is 0 Å². The van der Waals surface area contributed by atoms with Gasteiger partial charge in [0.15, 0.2) is 0 Å². The molecule has 25 heavy (non-hydrogen) atoms. The minimum Gasteiger partial charge on any atom is -0.0998 e. The van der Waals surface area contributed by atoms with Crippen molar-refractivity contribution in [2.24, 2.45) is 17.3 Å². The zero-order chi connectivity index (χ0) is 18.8. The monoisotopic (exact) mass is 340 g/mol. The van der Waals surface area contributed by atoms with E-state index in [4.69, 9.17) is 0 Å². The normalized spacial score (nSPS) is 25.8. The van der Waals surface area contributed by atoms with Crippen molar-refractivity contribution < 1.29 is 0 Å². The zero-order valence-electron chi connectivity index (χ0n) is 17.8. The lowest BCUT2D eigenvalue weighted by Crippen LogP contribution is -2.38. The Morgan fingerprint density at radius 1 is 1.16 bits per heavy atom. The number of hydrogen-bond donors (Lipinski definition) is 0. The molecule has 0 saturated heterocycles. The lowest BCUT2D eigenvalue weighted by Gasteiger charge is -2.48. The first kappa shape index (κ1) is 20.3. The van der Waals surface area contributed by atoms with Gasteiger partial charge in [-0.1, -0.05) is 64.8 Å². The average Bonchev–Trinajstić information content (AvgIpc) is 2.51. The Labute approximate surface area is 157 Å². The molecule has 3 atom stereocenters. The Hall–Kier alpha value is -1.04. The van der Waals surface area contributed by atoms with Gasteiger partial charge in [-0.25, -0.2) is 0 Å². The third-order valence-electron chi connectivity index (χ3n) is 6.99. The van der Waals surface area contributed by atoms with Crippen LogP contribution in [0.15, 0.2) is 24.3 Å². The summed E-state index contributed by atoms with van der Waals surface area (Å²) in [6.45, 7) is 21.0. The van der Waals surface area contributed by atoms with Crippen molar-refractivity contribution in [3.63, 3.8) is 0 Å². The smallest absolute Gasteiger partial charge is 0.00605 e. The van der Waals surface area contributed by atoms with Crippen LogP contribution in [0.3, 0.4) is 0 Å². The average molecular weight is 341 g/mol. The van der Waals surface area contributed by atoms with E-state index in [9.17, 15) is 0 Å². The van der Waals surface area contributed by atoms with Gasteiger partial charge in [-0.15, -0.1) is 0 Å². The van der Waals surface area contributed by atoms with Crippen molar-refractivity contribution in [2.45, 2.75) is 92.9 Å². The van der Waals surface area contributed by atoms with Gasteiger partial charge in [-0.3, -0.25) is 0 Å². The summed E-state index contributed by atoms with van der Waals surface area (Å²) < 4.78 is 0. The quantitative estimate of drug-likeness (QED) is 0.366. The van der Waals surface area contributed by atoms with E-state index in [0.29, 0.717) is 23.2 Å². The molecule has 0 bridgehead atoms. The molecule has 1 saturated carbocycles. The Morgan fingerprint density at radius 3 is 2.28 bits per heavy atom. The predicted octanol–water partition coefficient (Wildman–Crippen LogP) is 7.77. The third kappa shape index (κ3) is 4.39. The molecule has 140 valence electrons. The first-order valence-corrected chi connectivity index (χ1v) is 10.4. The zero-order valence-corrected chi connectivity index (χ0v) is 17.8. The molecule has 0 spiro atoms. The van der Waals surface area contributed by atoms with Crippen molar-refractivity contribution in [3.05, 3.63) is 46.5 Å². The summed E-state index contributed by atoms with van der Waals surface area (Å²) >= 11 is 0. The molecule has 1 aliphatic rings. The van der Waals surface area contributed by atoms with E-state index in [1.54, 1.807) is 5.56 Å². The number of hydrogen-bond acceptors (Lipinski definition) is 0. The van der Waals surface area contributed by atoms with Gasteiger partial charge >= 0.3 is 0 Å². The fourth-order valence-corrected chi connectivity index (χ4v) is 5.09. The highest BCUT2D eigenvalue weighted by Crippen LogP contribution is 2.54. The van der Waals surface area contributed by atoms with Crippen LogP contribution in [0.25, 0.3) is 0 Å². The minimum atomic E-state index is 0.412. The molecule has 0 radical (unpaired) electrons. The summed E-state index contributed by atoms with van der Waals surface area (Å²) in [5.41, 5.74) is 7.95. The van der Waals surface area contributed by atoms with Crippen LogP contribution in [0.4, 0.5) is 0 Å². The van der Waals surface area contributed by atoms with Crippen molar-refractivity contribution in [2.75, 3.05) is 0 Å². The SMILES string of the molecule is C=C(C)C1CCC(C)(C)C(C)C1c1c(C)cc(CCCCC)cc1C. The molecule has 2 rings (SSSR count). The van der Waals surface area contributed by atoms with Crippen LogP contribution in [-0.2, 0) is 6.42 Å². The Kier molecular flexibility index (Phi) is 6.57. The van der Waals surface area contributed by atoms with Gasteiger partial charge in [0, 0.05) is 0 Å². The number of benzene rings is 1. The molecule has 0 aromatic heterocycles. The maximum Gasteiger partial charge on any atom is -0.00605 e. The summed E-state index contributed by atoms with van der Waals surface area (Å²) in [6, 6.07) is 4.95. The highest BCUT2D eigenvalue weighted by molar-refractivity contribution is 5.42. The van der Waals surface area contributed by atoms with Gasteiger partial charge in [-0.05, 0) is 91.9 Å². The van der Waals surface area contributed by atoms with E-state index < -0.39 is 0 Å². The Bertz CT molecular complexity index is 581. The van der Waals surface area contributed by atoms with Gasteiger partial charge in [0.2, 0.25) is 0 Å². The van der Waals surface area contributed by atoms with E-state index >= 15 is 0 Å². The molecule has 1 fully saturated rings.